The number of carbonyl (C=O) groups is 3. The Morgan fingerprint density at radius 1 is 0.960 bits per heavy atom. The molecule has 0 amide bonds. The Kier molecular flexibility index (Phi) is 6.28. The molecule has 0 saturated heterocycles. The Morgan fingerprint density at radius 3 is 2.32 bits per heavy atom. The fourth-order valence-corrected chi connectivity index (χ4v) is 2.04. The van der Waals surface area contributed by atoms with Gasteiger partial charge in [-0.05, 0) is 48.9 Å². The lowest BCUT2D eigenvalue weighted by Crippen LogP contribution is -2.15. The maximum Gasteiger partial charge on any atom is 0.344 e. The van der Waals surface area contributed by atoms with E-state index in [4.69, 9.17) is 9.47 Å². The molecule has 2 aromatic rings. The van der Waals surface area contributed by atoms with Gasteiger partial charge in [-0.25, -0.2) is 9.59 Å². The third kappa shape index (κ3) is 5.46. The van der Waals surface area contributed by atoms with Gasteiger partial charge in [-0.2, -0.15) is 0 Å². The van der Waals surface area contributed by atoms with Crippen molar-refractivity contribution in [1.29, 1.82) is 0 Å². The van der Waals surface area contributed by atoms with Crippen LogP contribution in [0.15, 0.2) is 48.5 Å². The van der Waals surface area contributed by atoms with E-state index in [0.717, 1.165) is 0 Å². The van der Waals surface area contributed by atoms with Crippen LogP contribution in [0, 0.1) is 0 Å². The molecule has 0 aliphatic heterocycles. The zero-order chi connectivity index (χ0) is 18.2. The summed E-state index contributed by atoms with van der Waals surface area (Å²) in [6, 6.07) is 13.1. The van der Waals surface area contributed by atoms with Gasteiger partial charge >= 0.3 is 11.9 Å². The topological polar surface area (TPSA) is 78.9 Å². The number of benzene rings is 2. The van der Waals surface area contributed by atoms with Crippen LogP contribution in [0.5, 0.6) is 5.75 Å². The molecule has 6 nitrogen and oxygen atoms in total. The molecule has 25 heavy (non-hydrogen) atoms. The van der Waals surface area contributed by atoms with Crippen LogP contribution in [0.1, 0.15) is 33.2 Å². The molecule has 130 valence electrons. The lowest BCUT2D eigenvalue weighted by Gasteiger charge is -2.08. The summed E-state index contributed by atoms with van der Waals surface area (Å²) in [5.41, 5.74) is 1.63. The van der Waals surface area contributed by atoms with E-state index in [1.165, 1.54) is 14.0 Å². The Hall–Kier alpha value is -3.15. The fraction of sp³-hybridized carbons (Fsp3) is 0.211. The molecule has 0 bridgehead atoms. The summed E-state index contributed by atoms with van der Waals surface area (Å²) in [7, 11) is 1.30. The first kappa shape index (κ1) is 18.2. The van der Waals surface area contributed by atoms with Crippen molar-refractivity contribution >= 4 is 17.7 Å². The molecule has 0 spiro atoms. The van der Waals surface area contributed by atoms with Crippen molar-refractivity contribution in [1.82, 2.24) is 0 Å². The number of rotatable bonds is 7. The summed E-state index contributed by atoms with van der Waals surface area (Å²) in [6.07, 6.45) is 0. The first-order valence-electron chi connectivity index (χ1n) is 7.56. The highest BCUT2D eigenvalue weighted by Gasteiger charge is 2.09. The van der Waals surface area contributed by atoms with Crippen LogP contribution in [0.4, 0.5) is 0 Å². The predicted octanol–water partition coefficient (Wildman–Crippen LogP) is 2.80. The normalized spacial score (nSPS) is 10.0. The molecule has 2 rings (SSSR count). The second-order valence-electron chi connectivity index (χ2n) is 5.22. The fourth-order valence-electron chi connectivity index (χ4n) is 2.04. The summed E-state index contributed by atoms with van der Waals surface area (Å²) >= 11 is 0. The summed E-state index contributed by atoms with van der Waals surface area (Å²) < 4.78 is 15.1. The first-order valence-corrected chi connectivity index (χ1v) is 7.56. The van der Waals surface area contributed by atoms with Gasteiger partial charge < -0.3 is 14.2 Å². The highest BCUT2D eigenvalue weighted by atomic mass is 16.6. The summed E-state index contributed by atoms with van der Waals surface area (Å²) in [4.78, 5) is 34.4. The minimum absolute atomic E-state index is 0.0241. The van der Waals surface area contributed by atoms with E-state index in [-0.39, 0.29) is 19.0 Å². The van der Waals surface area contributed by atoms with Crippen LogP contribution in [-0.4, -0.2) is 31.4 Å². The lowest BCUT2D eigenvalue weighted by atomic mass is 10.1. The van der Waals surface area contributed by atoms with Crippen molar-refractivity contribution in [3.05, 3.63) is 65.2 Å². The third-order valence-electron chi connectivity index (χ3n) is 3.37. The van der Waals surface area contributed by atoms with Crippen LogP contribution in [0.2, 0.25) is 0 Å². The number of Topliss-reactive ketones (excluding diaryl/α,β-unsaturated/α-hetero) is 1. The molecule has 0 atom stereocenters. The number of hydrogen-bond acceptors (Lipinski definition) is 6. The summed E-state index contributed by atoms with van der Waals surface area (Å²) in [5, 5.41) is 0. The summed E-state index contributed by atoms with van der Waals surface area (Å²) in [5.74, 6) is -0.570. The molecule has 0 radical (unpaired) electrons. The van der Waals surface area contributed by atoms with Crippen molar-refractivity contribution < 1.29 is 28.6 Å². The maximum absolute atomic E-state index is 11.7. The van der Waals surface area contributed by atoms with Crippen molar-refractivity contribution in [2.24, 2.45) is 0 Å². The zero-order valence-electron chi connectivity index (χ0n) is 14.0. The molecule has 0 fully saturated rings. The van der Waals surface area contributed by atoms with Gasteiger partial charge in [0.05, 0.1) is 12.7 Å². The molecule has 0 aromatic heterocycles. The number of carbonyl (C=O) groups excluding carboxylic acids is 3. The zero-order valence-corrected chi connectivity index (χ0v) is 14.0. The van der Waals surface area contributed by atoms with Gasteiger partial charge in [-0.1, -0.05) is 12.1 Å². The van der Waals surface area contributed by atoms with E-state index in [1.54, 1.807) is 48.5 Å². The van der Waals surface area contributed by atoms with E-state index < -0.39 is 11.9 Å². The monoisotopic (exact) mass is 342 g/mol. The van der Waals surface area contributed by atoms with Crippen LogP contribution in [0.3, 0.4) is 0 Å². The molecule has 0 N–H and O–H groups in total. The standard InChI is InChI=1S/C19H18O6/c1-13(20)15-6-8-17(9-7-15)24-12-18(21)25-11-14-4-3-5-16(10-14)19(22)23-2/h3-10H,11-12H2,1-2H3. The molecular weight excluding hydrogens is 324 g/mol. The maximum atomic E-state index is 11.7. The van der Waals surface area contributed by atoms with E-state index in [1.807, 2.05) is 0 Å². The lowest BCUT2D eigenvalue weighted by molar-refractivity contribution is -0.147. The molecule has 0 aliphatic carbocycles. The van der Waals surface area contributed by atoms with Gasteiger partial charge in [0.15, 0.2) is 12.4 Å². The minimum Gasteiger partial charge on any atom is -0.482 e. The van der Waals surface area contributed by atoms with Crippen LogP contribution in [-0.2, 0) is 20.9 Å². The number of esters is 2. The molecule has 6 heteroatoms. The van der Waals surface area contributed by atoms with Gasteiger partial charge in [0.2, 0.25) is 0 Å². The third-order valence-corrected chi connectivity index (χ3v) is 3.37. The Morgan fingerprint density at radius 2 is 1.68 bits per heavy atom. The average Bonchev–Trinajstić information content (AvgIpc) is 2.64. The van der Waals surface area contributed by atoms with E-state index in [0.29, 0.717) is 22.4 Å². The molecule has 2 aromatic carbocycles. The summed E-state index contributed by atoms with van der Waals surface area (Å²) in [6.45, 7) is 1.24. The van der Waals surface area contributed by atoms with Gasteiger partial charge in [0.25, 0.3) is 0 Å². The van der Waals surface area contributed by atoms with Crippen LogP contribution in [0.25, 0.3) is 0 Å². The smallest absolute Gasteiger partial charge is 0.344 e. The van der Waals surface area contributed by atoms with Crippen LogP contribution >= 0.6 is 0 Å². The number of methoxy groups -OCH3 is 1. The average molecular weight is 342 g/mol. The number of ketones is 1. The molecule has 0 aliphatic rings. The first-order chi connectivity index (χ1) is 12.0. The SMILES string of the molecule is COC(=O)c1cccc(COC(=O)COc2ccc(C(C)=O)cc2)c1. The quantitative estimate of drug-likeness (QED) is 0.569. The second kappa shape index (κ2) is 8.63. The molecule has 0 unspecified atom stereocenters. The van der Waals surface area contributed by atoms with Crippen molar-refractivity contribution in [3.8, 4) is 5.75 Å². The van der Waals surface area contributed by atoms with E-state index in [2.05, 4.69) is 4.74 Å². The molecule has 0 saturated carbocycles. The van der Waals surface area contributed by atoms with Crippen molar-refractivity contribution in [2.45, 2.75) is 13.5 Å². The van der Waals surface area contributed by atoms with Gasteiger partial charge in [-0.15, -0.1) is 0 Å². The second-order valence-corrected chi connectivity index (χ2v) is 5.22. The Labute approximate surface area is 145 Å². The minimum atomic E-state index is -0.542. The van der Waals surface area contributed by atoms with Gasteiger partial charge in [0, 0.05) is 5.56 Å². The molecule has 0 heterocycles. The van der Waals surface area contributed by atoms with Crippen molar-refractivity contribution in [2.75, 3.05) is 13.7 Å². The van der Waals surface area contributed by atoms with E-state index in [9.17, 15) is 14.4 Å². The largest absolute Gasteiger partial charge is 0.482 e. The highest BCUT2D eigenvalue weighted by Crippen LogP contribution is 2.13. The van der Waals surface area contributed by atoms with Gasteiger partial charge in [-0.3, -0.25) is 4.79 Å². The van der Waals surface area contributed by atoms with Crippen molar-refractivity contribution in [3.63, 3.8) is 0 Å². The predicted molar refractivity (Wildman–Crippen MR) is 89.5 cm³/mol. The number of hydrogen-bond donors (Lipinski definition) is 0. The van der Waals surface area contributed by atoms with Gasteiger partial charge in [0.1, 0.15) is 12.4 Å². The Bertz CT molecular complexity index is 764. The number of ether oxygens (including phenoxy) is 3. The Balaban J connectivity index is 1.82. The highest BCUT2D eigenvalue weighted by molar-refractivity contribution is 5.94. The molecular formula is C19H18O6. The van der Waals surface area contributed by atoms with Crippen LogP contribution < -0.4 is 4.74 Å². The van der Waals surface area contributed by atoms with E-state index >= 15 is 0 Å².